The van der Waals surface area contributed by atoms with Crippen LogP contribution in [-0.4, -0.2) is 19.7 Å². The Morgan fingerprint density at radius 3 is 2.28 bits per heavy atom. The molecule has 0 unspecified atom stereocenters. The molecule has 0 amide bonds. The highest BCUT2D eigenvalue weighted by atomic mass is 16.5. The van der Waals surface area contributed by atoms with Gasteiger partial charge in [-0.2, -0.15) is 0 Å². The van der Waals surface area contributed by atoms with E-state index in [0.717, 1.165) is 5.75 Å². The van der Waals surface area contributed by atoms with Gasteiger partial charge >= 0.3 is 5.97 Å². The standard InChI is InChI=1S/C15H22O3/c1-15(2,3)12-7-9-13(10-8-12)18-11-5-6-14(16)17-4/h7-10H,5-6,11H2,1-4H3. The van der Waals surface area contributed by atoms with Gasteiger partial charge in [-0.25, -0.2) is 0 Å². The zero-order valence-corrected chi connectivity index (χ0v) is 11.7. The maximum atomic E-state index is 10.9. The molecule has 0 aliphatic rings. The molecule has 0 fully saturated rings. The summed E-state index contributed by atoms with van der Waals surface area (Å²) in [7, 11) is 1.40. The van der Waals surface area contributed by atoms with Gasteiger partial charge in [0.2, 0.25) is 0 Å². The van der Waals surface area contributed by atoms with E-state index >= 15 is 0 Å². The molecule has 100 valence electrons. The fourth-order valence-corrected chi connectivity index (χ4v) is 1.56. The first kappa shape index (κ1) is 14.6. The van der Waals surface area contributed by atoms with Crippen LogP contribution >= 0.6 is 0 Å². The zero-order chi connectivity index (χ0) is 13.6. The lowest BCUT2D eigenvalue weighted by molar-refractivity contribution is -0.140. The molecule has 0 aromatic heterocycles. The Labute approximate surface area is 109 Å². The second kappa shape index (κ2) is 6.43. The van der Waals surface area contributed by atoms with E-state index < -0.39 is 0 Å². The molecule has 0 radical (unpaired) electrons. The Bertz CT molecular complexity index is 374. The highest BCUT2D eigenvalue weighted by Crippen LogP contribution is 2.24. The fourth-order valence-electron chi connectivity index (χ4n) is 1.56. The number of esters is 1. The second-order valence-electron chi connectivity index (χ2n) is 5.30. The summed E-state index contributed by atoms with van der Waals surface area (Å²) in [5, 5.41) is 0. The van der Waals surface area contributed by atoms with Crippen molar-refractivity contribution in [3.63, 3.8) is 0 Å². The van der Waals surface area contributed by atoms with Crippen LogP contribution in [0.5, 0.6) is 5.75 Å². The van der Waals surface area contributed by atoms with Gasteiger partial charge in [0, 0.05) is 6.42 Å². The van der Waals surface area contributed by atoms with Gasteiger partial charge in [-0.1, -0.05) is 32.9 Å². The largest absolute Gasteiger partial charge is 0.494 e. The number of hydrogen-bond acceptors (Lipinski definition) is 3. The van der Waals surface area contributed by atoms with Crippen LogP contribution in [0.1, 0.15) is 39.2 Å². The number of ether oxygens (including phenoxy) is 2. The quantitative estimate of drug-likeness (QED) is 0.594. The summed E-state index contributed by atoms with van der Waals surface area (Å²) in [5.41, 5.74) is 1.44. The minimum absolute atomic E-state index is 0.156. The Kier molecular flexibility index (Phi) is 5.20. The van der Waals surface area contributed by atoms with Crippen molar-refractivity contribution in [2.24, 2.45) is 0 Å². The number of methoxy groups -OCH3 is 1. The highest BCUT2D eigenvalue weighted by molar-refractivity contribution is 5.69. The number of carbonyl (C=O) groups is 1. The molecule has 0 atom stereocenters. The predicted octanol–water partition coefficient (Wildman–Crippen LogP) is 3.32. The van der Waals surface area contributed by atoms with Crippen LogP contribution in [0.3, 0.4) is 0 Å². The number of benzene rings is 1. The molecule has 18 heavy (non-hydrogen) atoms. The summed E-state index contributed by atoms with van der Waals surface area (Å²) in [6.45, 7) is 7.07. The van der Waals surface area contributed by atoms with Gasteiger partial charge in [-0.3, -0.25) is 4.79 Å². The summed E-state index contributed by atoms with van der Waals surface area (Å²) in [6, 6.07) is 8.10. The van der Waals surface area contributed by atoms with Crippen molar-refractivity contribution < 1.29 is 14.3 Å². The Morgan fingerprint density at radius 2 is 1.78 bits per heavy atom. The van der Waals surface area contributed by atoms with E-state index in [0.29, 0.717) is 19.4 Å². The molecular weight excluding hydrogens is 228 g/mol. The average Bonchev–Trinajstić information content (AvgIpc) is 2.33. The second-order valence-corrected chi connectivity index (χ2v) is 5.30. The van der Waals surface area contributed by atoms with Crippen LogP contribution in [-0.2, 0) is 14.9 Å². The molecular formula is C15H22O3. The molecule has 0 N–H and O–H groups in total. The van der Waals surface area contributed by atoms with Crippen LogP contribution < -0.4 is 4.74 Å². The summed E-state index contributed by atoms with van der Waals surface area (Å²) in [5.74, 6) is 0.648. The number of rotatable bonds is 5. The van der Waals surface area contributed by atoms with E-state index in [-0.39, 0.29) is 11.4 Å². The molecule has 0 heterocycles. The monoisotopic (exact) mass is 250 g/mol. The van der Waals surface area contributed by atoms with Gasteiger partial charge in [-0.05, 0) is 29.5 Å². The fraction of sp³-hybridized carbons (Fsp3) is 0.533. The summed E-state index contributed by atoms with van der Waals surface area (Å²) >= 11 is 0. The van der Waals surface area contributed by atoms with Crippen molar-refractivity contribution in [3.05, 3.63) is 29.8 Å². The molecule has 3 heteroatoms. The Morgan fingerprint density at radius 1 is 1.17 bits per heavy atom. The highest BCUT2D eigenvalue weighted by Gasteiger charge is 2.12. The van der Waals surface area contributed by atoms with Crippen molar-refractivity contribution >= 4 is 5.97 Å². The Balaban J connectivity index is 2.38. The van der Waals surface area contributed by atoms with Gasteiger partial charge in [0.1, 0.15) is 5.75 Å². The van der Waals surface area contributed by atoms with Gasteiger partial charge in [0.25, 0.3) is 0 Å². The maximum Gasteiger partial charge on any atom is 0.305 e. The van der Waals surface area contributed by atoms with Crippen molar-refractivity contribution in [3.8, 4) is 5.75 Å². The first-order valence-electron chi connectivity index (χ1n) is 6.23. The smallest absolute Gasteiger partial charge is 0.305 e. The molecule has 1 aromatic carbocycles. The SMILES string of the molecule is COC(=O)CCCOc1ccc(C(C)(C)C)cc1. The van der Waals surface area contributed by atoms with Crippen LogP contribution in [0.25, 0.3) is 0 Å². The minimum atomic E-state index is -0.193. The molecule has 0 aliphatic carbocycles. The van der Waals surface area contributed by atoms with E-state index in [1.54, 1.807) is 0 Å². The van der Waals surface area contributed by atoms with Gasteiger partial charge < -0.3 is 9.47 Å². The third-order valence-corrected chi connectivity index (χ3v) is 2.74. The van der Waals surface area contributed by atoms with Crippen molar-refractivity contribution in [1.82, 2.24) is 0 Å². The van der Waals surface area contributed by atoms with Crippen molar-refractivity contribution in [2.75, 3.05) is 13.7 Å². The molecule has 1 rings (SSSR count). The Hall–Kier alpha value is -1.51. The van der Waals surface area contributed by atoms with Gasteiger partial charge in [-0.15, -0.1) is 0 Å². The first-order valence-corrected chi connectivity index (χ1v) is 6.23. The van der Waals surface area contributed by atoms with Gasteiger partial charge in [0.05, 0.1) is 13.7 Å². The minimum Gasteiger partial charge on any atom is -0.494 e. The van der Waals surface area contributed by atoms with Crippen LogP contribution in [0.2, 0.25) is 0 Å². The lowest BCUT2D eigenvalue weighted by Gasteiger charge is -2.19. The van der Waals surface area contributed by atoms with Gasteiger partial charge in [0.15, 0.2) is 0 Å². The summed E-state index contributed by atoms with van der Waals surface area (Å²) in [4.78, 5) is 10.9. The van der Waals surface area contributed by atoms with Crippen LogP contribution in [0.4, 0.5) is 0 Å². The topological polar surface area (TPSA) is 35.5 Å². The zero-order valence-electron chi connectivity index (χ0n) is 11.7. The number of carbonyl (C=O) groups excluding carboxylic acids is 1. The van der Waals surface area contributed by atoms with E-state index in [2.05, 4.69) is 37.6 Å². The normalized spacial score (nSPS) is 11.1. The molecule has 0 saturated heterocycles. The van der Waals surface area contributed by atoms with E-state index in [1.165, 1.54) is 12.7 Å². The molecule has 0 aliphatic heterocycles. The van der Waals surface area contributed by atoms with Crippen molar-refractivity contribution in [2.45, 2.75) is 39.0 Å². The van der Waals surface area contributed by atoms with Crippen LogP contribution in [0.15, 0.2) is 24.3 Å². The molecule has 0 spiro atoms. The summed E-state index contributed by atoms with van der Waals surface area (Å²) in [6.07, 6.45) is 1.07. The first-order chi connectivity index (χ1) is 8.43. The third-order valence-electron chi connectivity index (χ3n) is 2.74. The average molecular weight is 250 g/mol. The third kappa shape index (κ3) is 4.78. The predicted molar refractivity (Wildman–Crippen MR) is 71.9 cm³/mol. The van der Waals surface area contributed by atoms with Crippen LogP contribution in [0, 0.1) is 0 Å². The van der Waals surface area contributed by atoms with Crippen molar-refractivity contribution in [1.29, 1.82) is 0 Å². The maximum absolute atomic E-state index is 10.9. The van der Waals surface area contributed by atoms with E-state index in [1.807, 2.05) is 12.1 Å². The lowest BCUT2D eigenvalue weighted by atomic mass is 9.87. The number of hydrogen-bond donors (Lipinski definition) is 0. The van der Waals surface area contributed by atoms with E-state index in [9.17, 15) is 4.79 Å². The van der Waals surface area contributed by atoms with E-state index in [4.69, 9.17) is 4.74 Å². The summed E-state index contributed by atoms with van der Waals surface area (Å²) < 4.78 is 10.1. The molecule has 0 bridgehead atoms. The lowest BCUT2D eigenvalue weighted by Crippen LogP contribution is -2.10. The molecule has 3 nitrogen and oxygen atoms in total. The molecule has 1 aromatic rings. The molecule has 0 saturated carbocycles.